The number of aliphatic hydroxyl groups excluding tert-OH is 1. The Bertz CT molecular complexity index is 487. The summed E-state index contributed by atoms with van der Waals surface area (Å²) in [5, 5.41) is 8.74. The number of rotatable bonds is 6. The maximum Gasteiger partial charge on any atom is 0.229 e. The van der Waals surface area contributed by atoms with Crippen LogP contribution in [-0.4, -0.2) is 48.3 Å². The van der Waals surface area contributed by atoms with Crippen LogP contribution in [0.5, 0.6) is 0 Å². The van der Waals surface area contributed by atoms with Crippen LogP contribution in [0, 0.1) is 5.82 Å². The Hall–Kier alpha value is -1.46. The van der Waals surface area contributed by atoms with E-state index in [9.17, 15) is 9.18 Å². The van der Waals surface area contributed by atoms with Crippen molar-refractivity contribution in [3.63, 3.8) is 0 Å². The molecule has 0 saturated carbocycles. The lowest BCUT2D eigenvalue weighted by molar-refractivity contribution is -0.135. The molecule has 22 heavy (non-hydrogen) atoms. The number of benzene rings is 1. The Balaban J connectivity index is 1.86. The highest BCUT2D eigenvalue weighted by atomic mass is 19.1. The average molecular weight is 309 g/mol. The fourth-order valence-electron chi connectivity index (χ4n) is 2.79. The van der Waals surface area contributed by atoms with E-state index >= 15 is 0 Å². The van der Waals surface area contributed by atoms with Crippen molar-refractivity contribution < 1.29 is 19.0 Å². The molecule has 1 aromatic carbocycles. The highest BCUT2D eigenvalue weighted by Gasteiger charge is 2.28. The average Bonchev–Trinajstić information content (AvgIpc) is 2.55. The molecule has 1 unspecified atom stereocenters. The molecule has 0 aliphatic carbocycles. The van der Waals surface area contributed by atoms with Gasteiger partial charge in [-0.05, 0) is 37.8 Å². The first-order valence-corrected chi connectivity index (χ1v) is 7.89. The number of likely N-dealkylation sites (tertiary alicyclic amines) is 1. The SMILES string of the molecule is CC(C(=O)N1CCC(OCCCO)CC1)c1ccccc1F. The Morgan fingerprint density at radius 2 is 2.09 bits per heavy atom. The van der Waals surface area contributed by atoms with Gasteiger partial charge in [0.1, 0.15) is 5.82 Å². The summed E-state index contributed by atoms with van der Waals surface area (Å²) >= 11 is 0. The Kier molecular flexibility index (Phi) is 6.34. The standard InChI is InChI=1S/C17H24FNO3/c1-13(15-5-2-3-6-16(15)18)17(21)19-9-7-14(8-10-19)22-12-4-11-20/h2-3,5-6,13-14,20H,4,7-12H2,1H3. The monoisotopic (exact) mass is 309 g/mol. The van der Waals surface area contributed by atoms with Crippen LogP contribution >= 0.6 is 0 Å². The summed E-state index contributed by atoms with van der Waals surface area (Å²) in [7, 11) is 0. The van der Waals surface area contributed by atoms with Crippen LogP contribution in [0.4, 0.5) is 4.39 Å². The van der Waals surface area contributed by atoms with E-state index < -0.39 is 5.92 Å². The summed E-state index contributed by atoms with van der Waals surface area (Å²) < 4.78 is 19.4. The minimum Gasteiger partial charge on any atom is -0.396 e. The van der Waals surface area contributed by atoms with E-state index in [1.165, 1.54) is 6.07 Å². The van der Waals surface area contributed by atoms with Crippen molar-refractivity contribution in [2.45, 2.75) is 38.2 Å². The van der Waals surface area contributed by atoms with Crippen LogP contribution in [0.3, 0.4) is 0 Å². The molecule has 1 aliphatic rings. The van der Waals surface area contributed by atoms with E-state index in [1.54, 1.807) is 30.0 Å². The molecule has 0 aromatic heterocycles. The molecule has 1 aromatic rings. The molecule has 1 saturated heterocycles. The molecule has 0 spiro atoms. The minimum atomic E-state index is -0.465. The first-order valence-electron chi connectivity index (χ1n) is 7.89. The summed E-state index contributed by atoms with van der Waals surface area (Å²) in [5.74, 6) is -0.822. The molecular formula is C17H24FNO3. The van der Waals surface area contributed by atoms with Crippen molar-refractivity contribution >= 4 is 5.91 Å². The highest BCUT2D eigenvalue weighted by Crippen LogP contribution is 2.23. The molecule has 1 amide bonds. The van der Waals surface area contributed by atoms with Gasteiger partial charge >= 0.3 is 0 Å². The smallest absolute Gasteiger partial charge is 0.229 e. The topological polar surface area (TPSA) is 49.8 Å². The zero-order chi connectivity index (χ0) is 15.9. The first kappa shape index (κ1) is 16.9. The van der Waals surface area contributed by atoms with Gasteiger partial charge in [0, 0.05) is 26.3 Å². The Labute approximate surface area is 130 Å². The fraction of sp³-hybridized carbons (Fsp3) is 0.588. The van der Waals surface area contributed by atoms with E-state index in [2.05, 4.69) is 0 Å². The number of amides is 1. The second kappa shape index (κ2) is 8.25. The number of carbonyl (C=O) groups excluding carboxylic acids is 1. The number of piperidine rings is 1. The van der Waals surface area contributed by atoms with Crippen LogP contribution < -0.4 is 0 Å². The van der Waals surface area contributed by atoms with Gasteiger partial charge in [0.05, 0.1) is 12.0 Å². The van der Waals surface area contributed by atoms with Gasteiger partial charge in [0.25, 0.3) is 0 Å². The van der Waals surface area contributed by atoms with Crippen molar-refractivity contribution in [2.24, 2.45) is 0 Å². The number of hydrogen-bond acceptors (Lipinski definition) is 3. The predicted molar refractivity (Wildman–Crippen MR) is 82.1 cm³/mol. The quantitative estimate of drug-likeness (QED) is 0.821. The molecule has 122 valence electrons. The third kappa shape index (κ3) is 4.27. The lowest BCUT2D eigenvalue weighted by atomic mass is 9.97. The fourth-order valence-corrected chi connectivity index (χ4v) is 2.79. The van der Waals surface area contributed by atoms with E-state index in [0.717, 1.165) is 12.8 Å². The van der Waals surface area contributed by atoms with E-state index in [1.807, 2.05) is 0 Å². The molecule has 0 bridgehead atoms. The van der Waals surface area contributed by atoms with Crippen molar-refractivity contribution in [1.82, 2.24) is 4.90 Å². The summed E-state index contributed by atoms with van der Waals surface area (Å²) in [6.07, 6.45) is 2.38. The van der Waals surface area contributed by atoms with Crippen molar-refractivity contribution in [3.8, 4) is 0 Å². The van der Waals surface area contributed by atoms with Crippen molar-refractivity contribution in [1.29, 1.82) is 0 Å². The van der Waals surface area contributed by atoms with Crippen molar-refractivity contribution in [3.05, 3.63) is 35.6 Å². The molecule has 1 atom stereocenters. The molecule has 1 fully saturated rings. The highest BCUT2D eigenvalue weighted by molar-refractivity contribution is 5.83. The maximum absolute atomic E-state index is 13.8. The lowest BCUT2D eigenvalue weighted by Gasteiger charge is -2.33. The van der Waals surface area contributed by atoms with Crippen LogP contribution in [0.2, 0.25) is 0 Å². The normalized spacial score (nSPS) is 17.5. The summed E-state index contributed by atoms with van der Waals surface area (Å²) in [5.41, 5.74) is 0.453. The number of halogens is 1. The van der Waals surface area contributed by atoms with Crippen LogP contribution in [0.25, 0.3) is 0 Å². The number of nitrogens with zero attached hydrogens (tertiary/aromatic N) is 1. The molecular weight excluding hydrogens is 285 g/mol. The number of carbonyl (C=O) groups is 1. The molecule has 1 aliphatic heterocycles. The maximum atomic E-state index is 13.8. The van der Waals surface area contributed by atoms with Gasteiger partial charge in [-0.3, -0.25) is 4.79 Å². The molecule has 5 heteroatoms. The zero-order valence-corrected chi connectivity index (χ0v) is 13.0. The number of ether oxygens (including phenoxy) is 1. The second-order valence-corrected chi connectivity index (χ2v) is 5.72. The van der Waals surface area contributed by atoms with E-state index in [4.69, 9.17) is 9.84 Å². The van der Waals surface area contributed by atoms with E-state index in [-0.39, 0.29) is 24.4 Å². The second-order valence-electron chi connectivity index (χ2n) is 5.72. The largest absolute Gasteiger partial charge is 0.396 e. The third-order valence-electron chi connectivity index (χ3n) is 4.15. The Morgan fingerprint density at radius 3 is 2.73 bits per heavy atom. The summed E-state index contributed by atoms with van der Waals surface area (Å²) in [6.45, 7) is 3.73. The van der Waals surface area contributed by atoms with Gasteiger partial charge in [-0.1, -0.05) is 18.2 Å². The van der Waals surface area contributed by atoms with Crippen molar-refractivity contribution in [2.75, 3.05) is 26.3 Å². The predicted octanol–water partition coefficient (Wildman–Crippen LogP) is 2.32. The van der Waals surface area contributed by atoms with Gasteiger partial charge < -0.3 is 14.7 Å². The molecule has 4 nitrogen and oxygen atoms in total. The third-order valence-corrected chi connectivity index (χ3v) is 4.15. The van der Waals surface area contributed by atoms with E-state index in [0.29, 0.717) is 31.7 Å². The molecule has 1 heterocycles. The Morgan fingerprint density at radius 1 is 1.41 bits per heavy atom. The molecule has 2 rings (SSSR count). The lowest BCUT2D eigenvalue weighted by Crippen LogP contribution is -2.42. The van der Waals surface area contributed by atoms with Gasteiger partial charge in [0.2, 0.25) is 5.91 Å². The van der Waals surface area contributed by atoms with Gasteiger partial charge in [-0.2, -0.15) is 0 Å². The summed E-state index contributed by atoms with van der Waals surface area (Å²) in [6, 6.07) is 6.44. The van der Waals surface area contributed by atoms with Gasteiger partial charge in [-0.15, -0.1) is 0 Å². The zero-order valence-electron chi connectivity index (χ0n) is 13.0. The van der Waals surface area contributed by atoms with Gasteiger partial charge in [-0.25, -0.2) is 4.39 Å². The van der Waals surface area contributed by atoms with Crippen LogP contribution in [0.1, 0.15) is 37.7 Å². The summed E-state index contributed by atoms with van der Waals surface area (Å²) in [4.78, 5) is 14.3. The molecule has 0 radical (unpaired) electrons. The van der Waals surface area contributed by atoms with Gasteiger partial charge in [0.15, 0.2) is 0 Å². The number of hydrogen-bond donors (Lipinski definition) is 1. The first-order chi connectivity index (χ1) is 10.6. The number of aliphatic hydroxyl groups is 1. The molecule has 1 N–H and O–H groups in total. The van der Waals surface area contributed by atoms with Crippen LogP contribution in [0.15, 0.2) is 24.3 Å². The van der Waals surface area contributed by atoms with Crippen LogP contribution in [-0.2, 0) is 9.53 Å². The minimum absolute atomic E-state index is 0.0288.